The van der Waals surface area contributed by atoms with E-state index in [2.05, 4.69) is 15.3 Å². The van der Waals surface area contributed by atoms with Crippen LogP contribution in [-0.2, 0) is 0 Å². The highest BCUT2D eigenvalue weighted by atomic mass is 19.1. The van der Waals surface area contributed by atoms with Crippen molar-refractivity contribution in [1.82, 2.24) is 9.97 Å². The Kier molecular flexibility index (Phi) is 3.34. The lowest BCUT2D eigenvalue weighted by Crippen LogP contribution is -2.15. The lowest BCUT2D eigenvalue weighted by molar-refractivity contribution is 0.102. The maximum Gasteiger partial charge on any atom is 0.276 e. The Hall–Kier alpha value is -3.01. The number of aromatic nitrogens is 2. The summed E-state index contributed by atoms with van der Waals surface area (Å²) in [5.74, 6) is -1.25. The van der Waals surface area contributed by atoms with Crippen LogP contribution in [0.3, 0.4) is 0 Å². The van der Waals surface area contributed by atoms with Gasteiger partial charge in [-0.3, -0.25) is 9.78 Å². The van der Waals surface area contributed by atoms with Crippen LogP contribution in [0.5, 0.6) is 0 Å². The molecule has 0 aliphatic rings. The molecule has 3 N–H and O–H groups in total. The summed E-state index contributed by atoms with van der Waals surface area (Å²) in [6.45, 7) is 0. The van der Waals surface area contributed by atoms with Crippen molar-refractivity contribution in [3.05, 3.63) is 47.7 Å². The smallest absolute Gasteiger partial charge is 0.276 e. The van der Waals surface area contributed by atoms with Crippen LogP contribution < -0.4 is 11.1 Å². The predicted molar refractivity (Wildman–Crippen MR) is 65.5 cm³/mol. The number of nitrogen functional groups attached to an aromatic ring is 1. The number of rotatable bonds is 2. The highest BCUT2D eigenvalue weighted by molar-refractivity contribution is 6.02. The van der Waals surface area contributed by atoms with Gasteiger partial charge in [0.2, 0.25) is 0 Å². The Balaban J connectivity index is 2.22. The van der Waals surface area contributed by atoms with Gasteiger partial charge in [0.25, 0.3) is 5.91 Å². The molecule has 19 heavy (non-hydrogen) atoms. The quantitative estimate of drug-likeness (QED) is 0.844. The van der Waals surface area contributed by atoms with Gasteiger partial charge in [-0.05, 0) is 18.2 Å². The number of nitrogens with two attached hydrogens (primary N) is 1. The van der Waals surface area contributed by atoms with Gasteiger partial charge in [-0.1, -0.05) is 0 Å². The van der Waals surface area contributed by atoms with E-state index in [4.69, 9.17) is 11.0 Å². The molecule has 0 atom stereocenters. The summed E-state index contributed by atoms with van der Waals surface area (Å²) in [5.41, 5.74) is 5.49. The Bertz CT molecular complexity index is 680. The minimum atomic E-state index is -0.704. The summed E-state index contributed by atoms with van der Waals surface area (Å²) in [4.78, 5) is 19.2. The van der Waals surface area contributed by atoms with Crippen molar-refractivity contribution in [2.24, 2.45) is 0 Å². The average Bonchev–Trinajstić information content (AvgIpc) is 2.41. The number of carbonyl (C=O) groups excluding carboxylic acids is 1. The second-order valence-corrected chi connectivity index (χ2v) is 3.59. The predicted octanol–water partition coefficient (Wildman–Crippen LogP) is 1.32. The third kappa shape index (κ3) is 2.81. The number of nitriles is 1. The summed E-state index contributed by atoms with van der Waals surface area (Å²) in [6.07, 6.45) is 2.51. The summed E-state index contributed by atoms with van der Waals surface area (Å²) in [7, 11) is 0. The first-order valence-electron chi connectivity index (χ1n) is 5.18. The highest BCUT2D eigenvalue weighted by Gasteiger charge is 2.11. The Morgan fingerprint density at radius 2 is 2.21 bits per heavy atom. The van der Waals surface area contributed by atoms with E-state index in [1.807, 2.05) is 0 Å². The number of amides is 1. The molecule has 0 aliphatic heterocycles. The normalized spacial score (nSPS) is 9.68. The first-order valence-corrected chi connectivity index (χ1v) is 5.18. The van der Waals surface area contributed by atoms with Crippen molar-refractivity contribution in [1.29, 1.82) is 5.26 Å². The van der Waals surface area contributed by atoms with E-state index in [1.165, 1.54) is 24.5 Å². The monoisotopic (exact) mass is 257 g/mol. The fourth-order valence-corrected chi connectivity index (χ4v) is 1.36. The summed E-state index contributed by atoms with van der Waals surface area (Å²) in [6, 6.07) is 5.51. The van der Waals surface area contributed by atoms with Crippen LogP contribution in [-0.4, -0.2) is 15.9 Å². The maximum atomic E-state index is 13.6. The van der Waals surface area contributed by atoms with E-state index in [-0.39, 0.29) is 22.8 Å². The molecule has 0 spiro atoms. The molecule has 7 heteroatoms. The van der Waals surface area contributed by atoms with Crippen LogP contribution in [0.1, 0.15) is 16.1 Å². The average molecular weight is 257 g/mol. The molecule has 0 saturated carbocycles. The number of nitrogens with zero attached hydrogens (tertiary/aromatic N) is 3. The number of anilines is 2. The third-order valence-electron chi connectivity index (χ3n) is 2.23. The van der Waals surface area contributed by atoms with Crippen LogP contribution in [0.25, 0.3) is 0 Å². The lowest BCUT2D eigenvalue weighted by Gasteiger charge is -2.06. The largest absolute Gasteiger partial charge is 0.382 e. The van der Waals surface area contributed by atoms with Crippen LogP contribution in [0.4, 0.5) is 15.9 Å². The van der Waals surface area contributed by atoms with Crippen molar-refractivity contribution < 1.29 is 9.18 Å². The molecule has 0 unspecified atom stereocenters. The molecule has 0 radical (unpaired) electrons. The molecule has 1 aromatic heterocycles. The second-order valence-electron chi connectivity index (χ2n) is 3.59. The summed E-state index contributed by atoms with van der Waals surface area (Å²) >= 11 is 0. The van der Waals surface area contributed by atoms with Gasteiger partial charge in [0.15, 0.2) is 0 Å². The van der Waals surface area contributed by atoms with Gasteiger partial charge in [-0.25, -0.2) is 9.37 Å². The van der Waals surface area contributed by atoms with Crippen LogP contribution in [0, 0.1) is 17.1 Å². The van der Waals surface area contributed by atoms with Crippen molar-refractivity contribution in [2.75, 3.05) is 11.1 Å². The topological polar surface area (TPSA) is 105 Å². The zero-order valence-corrected chi connectivity index (χ0v) is 9.59. The van der Waals surface area contributed by atoms with Gasteiger partial charge in [-0.15, -0.1) is 0 Å². The van der Waals surface area contributed by atoms with Crippen molar-refractivity contribution in [2.45, 2.75) is 0 Å². The number of carbonyl (C=O) groups is 1. The maximum absolute atomic E-state index is 13.6. The molecule has 1 aromatic carbocycles. The van der Waals surface area contributed by atoms with Gasteiger partial charge in [0, 0.05) is 0 Å². The summed E-state index contributed by atoms with van der Waals surface area (Å²) in [5, 5.41) is 10.9. The zero-order chi connectivity index (χ0) is 13.8. The zero-order valence-electron chi connectivity index (χ0n) is 9.59. The molecule has 1 heterocycles. The highest BCUT2D eigenvalue weighted by Crippen LogP contribution is 2.16. The molecule has 94 valence electrons. The SMILES string of the molecule is N#Cc1ccc(NC(=O)c2cncc(N)n2)c(F)c1. The van der Waals surface area contributed by atoms with Gasteiger partial charge in [0.1, 0.15) is 17.3 Å². The molecule has 0 saturated heterocycles. The van der Waals surface area contributed by atoms with E-state index in [0.29, 0.717) is 0 Å². The summed E-state index contributed by atoms with van der Waals surface area (Å²) < 4.78 is 13.6. The van der Waals surface area contributed by atoms with E-state index in [1.54, 1.807) is 6.07 Å². The minimum Gasteiger partial charge on any atom is -0.382 e. The van der Waals surface area contributed by atoms with E-state index >= 15 is 0 Å². The van der Waals surface area contributed by atoms with E-state index in [9.17, 15) is 9.18 Å². The Morgan fingerprint density at radius 3 is 2.84 bits per heavy atom. The number of halogens is 1. The Morgan fingerprint density at radius 1 is 1.42 bits per heavy atom. The number of nitrogens with one attached hydrogen (secondary N) is 1. The van der Waals surface area contributed by atoms with Gasteiger partial charge >= 0.3 is 0 Å². The molecule has 0 aliphatic carbocycles. The first-order chi connectivity index (χ1) is 9.10. The van der Waals surface area contributed by atoms with Crippen molar-refractivity contribution in [3.63, 3.8) is 0 Å². The minimum absolute atomic E-state index is 0.0243. The van der Waals surface area contributed by atoms with Gasteiger partial charge in [-0.2, -0.15) is 5.26 Å². The van der Waals surface area contributed by atoms with Crippen LogP contribution >= 0.6 is 0 Å². The molecule has 6 nitrogen and oxygen atoms in total. The number of benzene rings is 1. The Labute approximate surface area is 107 Å². The van der Waals surface area contributed by atoms with Crippen LogP contribution in [0.15, 0.2) is 30.6 Å². The molecular weight excluding hydrogens is 249 g/mol. The van der Waals surface area contributed by atoms with E-state index in [0.717, 1.165) is 6.07 Å². The first kappa shape index (κ1) is 12.4. The van der Waals surface area contributed by atoms with Crippen molar-refractivity contribution >= 4 is 17.4 Å². The third-order valence-corrected chi connectivity index (χ3v) is 2.23. The molecule has 0 fully saturated rings. The molecule has 2 aromatic rings. The van der Waals surface area contributed by atoms with Gasteiger partial charge < -0.3 is 11.1 Å². The number of hydrogen-bond acceptors (Lipinski definition) is 5. The molecule has 1 amide bonds. The molecule has 0 bridgehead atoms. The number of hydrogen-bond donors (Lipinski definition) is 2. The molecule has 2 rings (SSSR count). The molecular formula is C12H8FN5O. The standard InChI is InChI=1S/C12H8FN5O/c13-8-3-7(4-14)1-2-9(8)18-12(19)10-5-16-6-11(15)17-10/h1-3,5-6H,(H2,15,17)(H,18,19). The fourth-order valence-electron chi connectivity index (χ4n) is 1.36. The van der Waals surface area contributed by atoms with Crippen molar-refractivity contribution in [3.8, 4) is 6.07 Å². The second kappa shape index (κ2) is 5.10. The van der Waals surface area contributed by atoms with Crippen LogP contribution in [0.2, 0.25) is 0 Å². The van der Waals surface area contributed by atoms with Gasteiger partial charge in [0.05, 0.1) is 29.7 Å². The van der Waals surface area contributed by atoms with E-state index < -0.39 is 11.7 Å². The lowest BCUT2D eigenvalue weighted by atomic mass is 10.2. The fraction of sp³-hybridized carbons (Fsp3) is 0.